The molecule has 19 heavy (non-hydrogen) atoms. The average molecular weight is 261 g/mol. The molecule has 0 aromatic heterocycles. The summed E-state index contributed by atoms with van der Waals surface area (Å²) < 4.78 is 10.8. The van der Waals surface area contributed by atoms with Crippen LogP contribution in [0.5, 0.6) is 0 Å². The zero-order valence-corrected chi connectivity index (χ0v) is 10.9. The Hall–Kier alpha value is -1.39. The van der Waals surface area contributed by atoms with Gasteiger partial charge in [-0.3, -0.25) is 4.79 Å². The molecule has 3 rings (SSSR count). The molecule has 1 saturated heterocycles. The van der Waals surface area contributed by atoms with E-state index < -0.39 is 0 Å². The maximum Gasteiger partial charge on any atom is 0.323 e. The van der Waals surface area contributed by atoms with Gasteiger partial charge in [-0.15, -0.1) is 0 Å². The second kappa shape index (κ2) is 5.72. The number of esters is 1. The minimum Gasteiger partial charge on any atom is -0.461 e. The number of hydrogen-bond donors (Lipinski definition) is 1. The summed E-state index contributed by atoms with van der Waals surface area (Å²) in [5.41, 5.74) is 2.52. The van der Waals surface area contributed by atoms with Gasteiger partial charge in [0, 0.05) is 19.4 Å². The van der Waals surface area contributed by atoms with E-state index >= 15 is 0 Å². The van der Waals surface area contributed by atoms with Crippen molar-refractivity contribution < 1.29 is 14.3 Å². The number of hydrogen-bond acceptors (Lipinski definition) is 4. The Labute approximate surface area is 113 Å². The Morgan fingerprint density at radius 3 is 2.74 bits per heavy atom. The van der Waals surface area contributed by atoms with Crippen molar-refractivity contribution >= 4 is 5.97 Å². The van der Waals surface area contributed by atoms with E-state index in [9.17, 15) is 4.79 Å². The molecule has 1 fully saturated rings. The second-order valence-electron chi connectivity index (χ2n) is 5.15. The SMILES string of the molecule is O=C(OC1CCOCC1)[C@H]1Cc2ccccc2CN1. The molecule has 1 N–H and O–H groups in total. The molecule has 1 aromatic carbocycles. The summed E-state index contributed by atoms with van der Waals surface area (Å²) >= 11 is 0. The minimum atomic E-state index is -0.210. The van der Waals surface area contributed by atoms with Gasteiger partial charge in [0.1, 0.15) is 12.1 Å². The molecule has 0 aliphatic carbocycles. The molecule has 102 valence electrons. The molecule has 0 saturated carbocycles. The van der Waals surface area contributed by atoms with Gasteiger partial charge in [-0.25, -0.2) is 0 Å². The van der Waals surface area contributed by atoms with Gasteiger partial charge >= 0.3 is 5.97 Å². The van der Waals surface area contributed by atoms with Crippen LogP contribution >= 0.6 is 0 Å². The Balaban J connectivity index is 1.59. The van der Waals surface area contributed by atoms with Crippen LogP contribution in [0.2, 0.25) is 0 Å². The van der Waals surface area contributed by atoms with Crippen LogP contribution in [-0.4, -0.2) is 31.3 Å². The normalized spacial score (nSPS) is 23.7. The van der Waals surface area contributed by atoms with Gasteiger partial charge in [-0.05, 0) is 17.5 Å². The number of nitrogens with one attached hydrogen (secondary N) is 1. The van der Waals surface area contributed by atoms with Crippen molar-refractivity contribution in [1.82, 2.24) is 5.32 Å². The zero-order chi connectivity index (χ0) is 13.1. The van der Waals surface area contributed by atoms with Crippen molar-refractivity contribution in [2.24, 2.45) is 0 Å². The number of ether oxygens (including phenoxy) is 2. The first-order chi connectivity index (χ1) is 9.33. The number of rotatable bonds is 2. The molecule has 2 aliphatic heterocycles. The Bertz CT molecular complexity index is 454. The van der Waals surface area contributed by atoms with Crippen LogP contribution in [0.1, 0.15) is 24.0 Å². The van der Waals surface area contributed by atoms with Gasteiger partial charge in [0.2, 0.25) is 0 Å². The molecule has 2 heterocycles. The smallest absolute Gasteiger partial charge is 0.323 e. The Kier molecular flexibility index (Phi) is 3.80. The fourth-order valence-electron chi connectivity index (χ4n) is 2.66. The number of carbonyl (C=O) groups is 1. The minimum absolute atomic E-state index is 0.0280. The molecule has 0 bridgehead atoms. The van der Waals surface area contributed by atoms with Crippen LogP contribution in [0.4, 0.5) is 0 Å². The summed E-state index contributed by atoms with van der Waals surface area (Å²) in [6.45, 7) is 2.13. The summed E-state index contributed by atoms with van der Waals surface area (Å²) in [7, 11) is 0. The Morgan fingerprint density at radius 2 is 1.95 bits per heavy atom. The second-order valence-corrected chi connectivity index (χ2v) is 5.15. The maximum absolute atomic E-state index is 12.2. The van der Waals surface area contributed by atoms with Gasteiger partial charge in [-0.1, -0.05) is 24.3 Å². The lowest BCUT2D eigenvalue weighted by atomic mass is 9.96. The molecular weight excluding hydrogens is 242 g/mol. The first-order valence-corrected chi connectivity index (χ1v) is 6.91. The van der Waals surface area contributed by atoms with E-state index in [1.165, 1.54) is 11.1 Å². The summed E-state index contributed by atoms with van der Waals surface area (Å²) in [4.78, 5) is 12.2. The van der Waals surface area contributed by atoms with Crippen LogP contribution in [0.25, 0.3) is 0 Å². The summed E-state index contributed by atoms with van der Waals surface area (Å²) in [5, 5.41) is 3.26. The van der Waals surface area contributed by atoms with Crippen molar-refractivity contribution in [1.29, 1.82) is 0 Å². The molecular formula is C15H19NO3. The number of benzene rings is 1. The van der Waals surface area contributed by atoms with E-state index in [1.54, 1.807) is 0 Å². The maximum atomic E-state index is 12.2. The van der Waals surface area contributed by atoms with E-state index in [0.717, 1.165) is 25.8 Å². The standard InChI is InChI=1S/C15H19NO3/c17-15(19-13-5-7-18-8-6-13)14-9-11-3-1-2-4-12(11)10-16-14/h1-4,13-14,16H,5-10H2/t14-/m1/s1. The topological polar surface area (TPSA) is 47.6 Å². The third-order valence-corrected chi connectivity index (χ3v) is 3.82. The molecule has 4 heteroatoms. The third-order valence-electron chi connectivity index (χ3n) is 3.82. The van der Waals surface area contributed by atoms with Crippen LogP contribution < -0.4 is 5.32 Å². The quantitative estimate of drug-likeness (QED) is 0.818. The van der Waals surface area contributed by atoms with Gasteiger partial charge in [0.25, 0.3) is 0 Å². The fraction of sp³-hybridized carbons (Fsp3) is 0.533. The van der Waals surface area contributed by atoms with E-state index in [4.69, 9.17) is 9.47 Å². The molecule has 0 amide bonds. The first-order valence-electron chi connectivity index (χ1n) is 6.91. The molecule has 1 aromatic rings. The van der Waals surface area contributed by atoms with Crippen molar-refractivity contribution in [3.8, 4) is 0 Å². The predicted molar refractivity (Wildman–Crippen MR) is 70.7 cm³/mol. The van der Waals surface area contributed by atoms with Crippen LogP contribution in [0.15, 0.2) is 24.3 Å². The summed E-state index contributed by atoms with van der Waals surface area (Å²) in [6.07, 6.45) is 2.38. The first kappa shape index (κ1) is 12.6. The van der Waals surface area contributed by atoms with E-state index in [0.29, 0.717) is 13.2 Å². The predicted octanol–water partition coefficient (Wildman–Crippen LogP) is 1.42. The monoisotopic (exact) mass is 261 g/mol. The molecule has 2 aliphatic rings. The molecule has 0 radical (unpaired) electrons. The van der Waals surface area contributed by atoms with Crippen molar-refractivity contribution in [3.05, 3.63) is 35.4 Å². The Morgan fingerprint density at radius 1 is 1.21 bits per heavy atom. The highest BCUT2D eigenvalue weighted by Gasteiger charge is 2.27. The number of fused-ring (bicyclic) bond motifs is 1. The average Bonchev–Trinajstić information content (AvgIpc) is 2.48. The van der Waals surface area contributed by atoms with Crippen LogP contribution in [0, 0.1) is 0 Å². The molecule has 0 unspecified atom stereocenters. The highest BCUT2D eigenvalue weighted by molar-refractivity contribution is 5.76. The van der Waals surface area contributed by atoms with Gasteiger partial charge < -0.3 is 14.8 Å². The van der Waals surface area contributed by atoms with Crippen molar-refractivity contribution in [2.75, 3.05) is 13.2 Å². The van der Waals surface area contributed by atoms with Gasteiger partial charge in [0.05, 0.1) is 13.2 Å². The van der Waals surface area contributed by atoms with Gasteiger partial charge in [-0.2, -0.15) is 0 Å². The lowest BCUT2D eigenvalue weighted by Crippen LogP contribution is -2.44. The fourth-order valence-corrected chi connectivity index (χ4v) is 2.66. The zero-order valence-electron chi connectivity index (χ0n) is 10.9. The lowest BCUT2D eigenvalue weighted by Gasteiger charge is -2.28. The highest BCUT2D eigenvalue weighted by atomic mass is 16.6. The van der Waals surface area contributed by atoms with E-state index in [2.05, 4.69) is 17.4 Å². The highest BCUT2D eigenvalue weighted by Crippen LogP contribution is 2.18. The molecule has 1 atom stereocenters. The van der Waals surface area contributed by atoms with Crippen LogP contribution in [0.3, 0.4) is 0 Å². The largest absolute Gasteiger partial charge is 0.461 e. The van der Waals surface area contributed by atoms with Crippen LogP contribution in [-0.2, 0) is 27.2 Å². The van der Waals surface area contributed by atoms with Gasteiger partial charge in [0.15, 0.2) is 0 Å². The third kappa shape index (κ3) is 2.96. The lowest BCUT2D eigenvalue weighted by molar-refractivity contribution is -0.155. The summed E-state index contributed by atoms with van der Waals surface area (Å²) in [5.74, 6) is -0.124. The van der Waals surface area contributed by atoms with Crippen molar-refractivity contribution in [3.63, 3.8) is 0 Å². The molecule has 4 nitrogen and oxygen atoms in total. The summed E-state index contributed by atoms with van der Waals surface area (Å²) in [6, 6.07) is 8.03. The number of carbonyl (C=O) groups excluding carboxylic acids is 1. The molecule has 0 spiro atoms. The van der Waals surface area contributed by atoms with E-state index in [-0.39, 0.29) is 18.1 Å². The van der Waals surface area contributed by atoms with E-state index in [1.807, 2.05) is 12.1 Å². The van der Waals surface area contributed by atoms with Crippen molar-refractivity contribution in [2.45, 2.75) is 38.0 Å².